The van der Waals surface area contributed by atoms with Crippen molar-refractivity contribution in [3.8, 4) is 0 Å². The summed E-state index contributed by atoms with van der Waals surface area (Å²) in [5, 5.41) is 0.823. The summed E-state index contributed by atoms with van der Waals surface area (Å²) >= 11 is 11.9. The number of benzene rings is 1. The third-order valence-corrected chi connectivity index (χ3v) is 4.82. The van der Waals surface area contributed by atoms with Crippen molar-refractivity contribution in [2.24, 2.45) is 0 Å². The van der Waals surface area contributed by atoms with Crippen LogP contribution in [0.4, 0.5) is 0 Å². The molecule has 1 fully saturated rings. The zero-order chi connectivity index (χ0) is 17.8. The van der Waals surface area contributed by atoms with Crippen LogP contribution < -0.4 is 0 Å². The first-order valence-electron chi connectivity index (χ1n) is 8.37. The molecule has 132 valence electrons. The van der Waals surface area contributed by atoms with Gasteiger partial charge in [0, 0.05) is 32.7 Å². The Hall–Kier alpha value is -1.62. The van der Waals surface area contributed by atoms with E-state index in [-0.39, 0.29) is 5.91 Å². The van der Waals surface area contributed by atoms with E-state index in [1.807, 2.05) is 48.2 Å². The van der Waals surface area contributed by atoms with Crippen LogP contribution in [-0.2, 0) is 17.8 Å². The number of pyridine rings is 1. The van der Waals surface area contributed by atoms with E-state index >= 15 is 0 Å². The van der Waals surface area contributed by atoms with E-state index in [4.69, 9.17) is 23.2 Å². The Morgan fingerprint density at radius 3 is 2.20 bits per heavy atom. The Bertz CT molecular complexity index is 721. The van der Waals surface area contributed by atoms with E-state index in [2.05, 4.69) is 9.88 Å². The van der Waals surface area contributed by atoms with Crippen molar-refractivity contribution >= 4 is 29.1 Å². The number of amides is 1. The van der Waals surface area contributed by atoms with Gasteiger partial charge in [-0.05, 0) is 30.2 Å². The van der Waals surface area contributed by atoms with Crippen LogP contribution in [0.3, 0.4) is 0 Å². The van der Waals surface area contributed by atoms with E-state index < -0.39 is 0 Å². The zero-order valence-electron chi connectivity index (χ0n) is 14.2. The van der Waals surface area contributed by atoms with Crippen molar-refractivity contribution in [3.63, 3.8) is 0 Å². The topological polar surface area (TPSA) is 36.4 Å². The predicted octanol–water partition coefficient (Wildman–Crippen LogP) is 3.58. The normalized spacial score (nSPS) is 15.4. The molecule has 0 bridgehead atoms. The lowest BCUT2D eigenvalue weighted by Gasteiger charge is -2.34. The number of aromatic nitrogens is 1. The minimum absolute atomic E-state index is 0.193. The molecule has 0 unspecified atom stereocenters. The number of carbonyl (C=O) groups excluding carboxylic acids is 1. The van der Waals surface area contributed by atoms with Gasteiger partial charge in [-0.2, -0.15) is 0 Å². The van der Waals surface area contributed by atoms with Crippen LogP contribution in [-0.4, -0.2) is 46.9 Å². The number of carbonyl (C=O) groups is 1. The van der Waals surface area contributed by atoms with Gasteiger partial charge in [0.15, 0.2) is 0 Å². The summed E-state index contributed by atoms with van der Waals surface area (Å²) in [6.45, 7) is 6.00. The number of aryl methyl sites for hydroxylation is 1. The van der Waals surface area contributed by atoms with Crippen molar-refractivity contribution in [2.75, 3.05) is 26.2 Å². The molecule has 4 nitrogen and oxygen atoms in total. The van der Waals surface area contributed by atoms with E-state index in [0.717, 1.165) is 43.9 Å². The number of nitrogens with zero attached hydrogens (tertiary/aromatic N) is 3. The fraction of sp³-hybridized carbons (Fsp3) is 0.368. The number of piperazine rings is 1. The third kappa shape index (κ3) is 5.18. The van der Waals surface area contributed by atoms with Gasteiger partial charge in [-0.25, -0.2) is 4.98 Å². The van der Waals surface area contributed by atoms with Crippen LogP contribution in [0.1, 0.15) is 16.7 Å². The number of hydrogen-bond acceptors (Lipinski definition) is 3. The van der Waals surface area contributed by atoms with Gasteiger partial charge in [0.2, 0.25) is 5.91 Å². The van der Waals surface area contributed by atoms with Crippen LogP contribution in [0.2, 0.25) is 10.3 Å². The molecule has 0 spiro atoms. The van der Waals surface area contributed by atoms with Crippen molar-refractivity contribution < 1.29 is 4.79 Å². The molecule has 2 aromatic rings. The molecular weight excluding hydrogens is 357 g/mol. The lowest BCUT2D eigenvalue weighted by molar-refractivity contribution is -0.132. The summed E-state index contributed by atoms with van der Waals surface area (Å²) in [6, 6.07) is 11.8. The molecule has 1 aromatic heterocycles. The van der Waals surface area contributed by atoms with Gasteiger partial charge < -0.3 is 4.90 Å². The van der Waals surface area contributed by atoms with Gasteiger partial charge in [0.1, 0.15) is 10.3 Å². The van der Waals surface area contributed by atoms with Gasteiger partial charge in [0.05, 0.1) is 6.42 Å². The van der Waals surface area contributed by atoms with E-state index in [0.29, 0.717) is 16.7 Å². The molecule has 1 aromatic carbocycles. The van der Waals surface area contributed by atoms with Crippen LogP contribution in [0.15, 0.2) is 36.4 Å². The van der Waals surface area contributed by atoms with Gasteiger partial charge in [-0.3, -0.25) is 9.69 Å². The average molecular weight is 378 g/mol. The fourth-order valence-electron chi connectivity index (χ4n) is 3.01. The molecule has 0 N–H and O–H groups in total. The molecule has 1 aliphatic rings. The maximum Gasteiger partial charge on any atom is 0.227 e. The summed E-state index contributed by atoms with van der Waals surface area (Å²) in [4.78, 5) is 20.7. The maximum atomic E-state index is 12.5. The number of hydrogen-bond donors (Lipinski definition) is 0. The molecule has 0 saturated carbocycles. The second-order valence-electron chi connectivity index (χ2n) is 6.44. The molecule has 0 atom stereocenters. The summed E-state index contributed by atoms with van der Waals surface area (Å²) in [5.41, 5.74) is 3.32. The Balaban J connectivity index is 1.51. The SMILES string of the molecule is Cc1ccc(CC(=O)N2CCN(Cc3cc(Cl)nc(Cl)c3)CC2)cc1. The predicted molar refractivity (Wildman–Crippen MR) is 101 cm³/mol. The Labute approximate surface area is 158 Å². The second-order valence-corrected chi connectivity index (χ2v) is 7.21. The minimum Gasteiger partial charge on any atom is -0.340 e. The van der Waals surface area contributed by atoms with Crippen LogP contribution >= 0.6 is 23.2 Å². The molecule has 2 heterocycles. The Kier molecular flexibility index (Phi) is 5.94. The summed E-state index contributed by atoms with van der Waals surface area (Å²) < 4.78 is 0. The Morgan fingerprint density at radius 1 is 1.00 bits per heavy atom. The van der Waals surface area contributed by atoms with E-state index in [1.54, 1.807) is 0 Å². The quantitative estimate of drug-likeness (QED) is 0.763. The first-order valence-corrected chi connectivity index (χ1v) is 9.13. The molecule has 1 amide bonds. The van der Waals surface area contributed by atoms with Crippen molar-refractivity contribution in [3.05, 3.63) is 63.4 Å². The highest BCUT2D eigenvalue weighted by atomic mass is 35.5. The maximum absolute atomic E-state index is 12.5. The smallest absolute Gasteiger partial charge is 0.227 e. The fourth-order valence-corrected chi connectivity index (χ4v) is 3.52. The van der Waals surface area contributed by atoms with E-state index in [1.165, 1.54) is 5.56 Å². The molecule has 0 radical (unpaired) electrons. The number of halogens is 2. The molecule has 6 heteroatoms. The first kappa shape index (κ1) is 18.2. The lowest BCUT2D eigenvalue weighted by atomic mass is 10.1. The highest BCUT2D eigenvalue weighted by Gasteiger charge is 2.21. The molecule has 25 heavy (non-hydrogen) atoms. The van der Waals surface area contributed by atoms with Crippen LogP contribution in [0, 0.1) is 6.92 Å². The zero-order valence-corrected chi connectivity index (χ0v) is 15.7. The molecule has 1 aliphatic heterocycles. The highest BCUT2D eigenvalue weighted by molar-refractivity contribution is 6.32. The first-order chi connectivity index (χ1) is 12.0. The standard InChI is InChI=1S/C19H21Cl2N3O/c1-14-2-4-15(5-3-14)12-19(25)24-8-6-23(7-9-24)13-16-10-17(20)22-18(21)11-16/h2-5,10-11H,6-9,12-13H2,1H3. The highest BCUT2D eigenvalue weighted by Crippen LogP contribution is 2.17. The van der Waals surface area contributed by atoms with Gasteiger partial charge >= 0.3 is 0 Å². The van der Waals surface area contributed by atoms with Gasteiger partial charge in [0.25, 0.3) is 0 Å². The second kappa shape index (κ2) is 8.17. The van der Waals surface area contributed by atoms with Crippen molar-refractivity contribution in [1.82, 2.24) is 14.8 Å². The van der Waals surface area contributed by atoms with Crippen molar-refractivity contribution in [1.29, 1.82) is 0 Å². The molecule has 3 rings (SSSR count). The lowest BCUT2D eigenvalue weighted by Crippen LogP contribution is -2.48. The average Bonchev–Trinajstić information content (AvgIpc) is 2.56. The van der Waals surface area contributed by atoms with Crippen molar-refractivity contribution in [2.45, 2.75) is 19.9 Å². The largest absolute Gasteiger partial charge is 0.340 e. The van der Waals surface area contributed by atoms with Crippen LogP contribution in [0.5, 0.6) is 0 Å². The summed E-state index contributed by atoms with van der Waals surface area (Å²) in [5.74, 6) is 0.193. The molecular formula is C19H21Cl2N3O. The summed E-state index contributed by atoms with van der Waals surface area (Å²) in [7, 11) is 0. The third-order valence-electron chi connectivity index (χ3n) is 4.43. The summed E-state index contributed by atoms with van der Waals surface area (Å²) in [6.07, 6.45) is 0.468. The molecule has 0 aliphatic carbocycles. The minimum atomic E-state index is 0.193. The van der Waals surface area contributed by atoms with E-state index in [9.17, 15) is 4.79 Å². The number of rotatable bonds is 4. The van der Waals surface area contributed by atoms with Gasteiger partial charge in [-0.1, -0.05) is 53.0 Å². The Morgan fingerprint density at radius 2 is 1.60 bits per heavy atom. The monoisotopic (exact) mass is 377 g/mol. The van der Waals surface area contributed by atoms with Gasteiger partial charge in [-0.15, -0.1) is 0 Å². The molecule has 1 saturated heterocycles. The van der Waals surface area contributed by atoms with Crippen LogP contribution in [0.25, 0.3) is 0 Å².